The van der Waals surface area contributed by atoms with Crippen LogP contribution in [-0.4, -0.2) is 17.6 Å². The van der Waals surface area contributed by atoms with E-state index in [-0.39, 0.29) is 17.6 Å². The summed E-state index contributed by atoms with van der Waals surface area (Å²) in [6, 6.07) is 20.4. The molecule has 0 fully saturated rings. The van der Waals surface area contributed by atoms with Crippen molar-refractivity contribution in [3.8, 4) is 5.75 Å². The number of amides is 1. The highest BCUT2D eigenvalue weighted by Gasteiger charge is 2.29. The first-order chi connectivity index (χ1) is 14.6. The Morgan fingerprint density at radius 3 is 2.73 bits per heavy atom. The molecule has 0 spiro atoms. The van der Waals surface area contributed by atoms with E-state index in [9.17, 15) is 9.18 Å². The van der Waals surface area contributed by atoms with Crippen molar-refractivity contribution in [1.82, 2.24) is 4.57 Å². The van der Waals surface area contributed by atoms with Crippen molar-refractivity contribution < 1.29 is 13.9 Å². The van der Waals surface area contributed by atoms with Crippen LogP contribution in [0.1, 0.15) is 29.0 Å². The molecule has 5 rings (SSSR count). The van der Waals surface area contributed by atoms with Crippen LogP contribution in [0.15, 0.2) is 72.9 Å². The third-order valence-corrected chi connectivity index (χ3v) is 5.73. The van der Waals surface area contributed by atoms with Gasteiger partial charge >= 0.3 is 0 Å². The van der Waals surface area contributed by atoms with Gasteiger partial charge in [-0.25, -0.2) is 4.39 Å². The molecule has 4 aromatic rings. The lowest BCUT2D eigenvalue weighted by Gasteiger charge is -2.17. The normalized spacial score (nSPS) is 15.7. The van der Waals surface area contributed by atoms with Crippen LogP contribution in [0.3, 0.4) is 0 Å². The summed E-state index contributed by atoms with van der Waals surface area (Å²) < 4.78 is 21.4. The Labute approximate surface area is 173 Å². The number of nitrogens with zero attached hydrogens (tertiary/aromatic N) is 1. The van der Waals surface area contributed by atoms with E-state index in [1.54, 1.807) is 19.2 Å². The second-order valence-electron chi connectivity index (χ2n) is 7.59. The van der Waals surface area contributed by atoms with Crippen LogP contribution in [0.4, 0.5) is 10.1 Å². The predicted molar refractivity (Wildman–Crippen MR) is 116 cm³/mol. The Morgan fingerprint density at radius 1 is 1.07 bits per heavy atom. The number of nitrogens with one attached hydrogen (secondary N) is 1. The summed E-state index contributed by atoms with van der Waals surface area (Å²) in [7, 11) is 1.65. The number of aromatic nitrogens is 1. The smallest absolute Gasteiger partial charge is 0.225 e. The summed E-state index contributed by atoms with van der Waals surface area (Å²) in [5, 5.41) is 4.08. The zero-order chi connectivity index (χ0) is 20.7. The molecule has 0 saturated heterocycles. The predicted octanol–water partition coefficient (Wildman–Crippen LogP) is 5.31. The molecule has 0 radical (unpaired) electrons. The van der Waals surface area contributed by atoms with Gasteiger partial charge in [0.25, 0.3) is 0 Å². The monoisotopic (exact) mass is 400 g/mol. The highest BCUT2D eigenvalue weighted by atomic mass is 19.1. The van der Waals surface area contributed by atoms with E-state index in [4.69, 9.17) is 4.74 Å². The zero-order valence-corrected chi connectivity index (χ0v) is 16.6. The first kappa shape index (κ1) is 18.4. The number of rotatable bonds is 4. The first-order valence-corrected chi connectivity index (χ1v) is 9.93. The van der Waals surface area contributed by atoms with Gasteiger partial charge in [-0.3, -0.25) is 4.79 Å². The minimum absolute atomic E-state index is 0.0220. The van der Waals surface area contributed by atoms with Gasteiger partial charge in [-0.2, -0.15) is 0 Å². The topological polar surface area (TPSA) is 43.3 Å². The molecule has 1 aromatic heterocycles. The molecule has 4 nitrogen and oxygen atoms in total. The van der Waals surface area contributed by atoms with Gasteiger partial charge in [-0.15, -0.1) is 0 Å². The Morgan fingerprint density at radius 2 is 1.90 bits per heavy atom. The fourth-order valence-electron chi connectivity index (χ4n) is 4.44. The second-order valence-corrected chi connectivity index (χ2v) is 7.59. The van der Waals surface area contributed by atoms with Crippen LogP contribution in [0.2, 0.25) is 0 Å². The SMILES string of the molecule is COc1ccccc1C1CC(=O)Nc2cccc3c2c1cn3Cc1cccc(F)c1. The maximum atomic E-state index is 13.7. The Hall–Kier alpha value is -3.60. The minimum Gasteiger partial charge on any atom is -0.496 e. The summed E-state index contributed by atoms with van der Waals surface area (Å²) in [4.78, 5) is 12.7. The average molecular weight is 400 g/mol. The lowest BCUT2D eigenvalue weighted by molar-refractivity contribution is -0.116. The average Bonchev–Trinajstić information content (AvgIpc) is 3.04. The summed E-state index contributed by atoms with van der Waals surface area (Å²) in [6.45, 7) is 0.546. The molecule has 1 aliphatic rings. The molecular weight excluding hydrogens is 379 g/mol. The number of hydrogen-bond acceptors (Lipinski definition) is 2. The van der Waals surface area contributed by atoms with Gasteiger partial charge in [-0.05, 0) is 41.5 Å². The van der Waals surface area contributed by atoms with Crippen LogP contribution in [0.25, 0.3) is 10.9 Å². The Balaban J connectivity index is 1.71. The van der Waals surface area contributed by atoms with Gasteiger partial charge in [0, 0.05) is 36.0 Å². The van der Waals surface area contributed by atoms with Crippen LogP contribution < -0.4 is 10.1 Å². The number of carbonyl (C=O) groups excluding carboxylic acids is 1. The van der Waals surface area contributed by atoms with E-state index >= 15 is 0 Å². The standard InChI is InChI=1S/C25H21FN2O2/c1-30-23-11-3-2-8-18(23)19-13-24(29)27-21-9-5-10-22-25(21)20(19)15-28(22)14-16-6-4-7-17(26)12-16/h2-12,15,19H,13-14H2,1H3,(H,27,29). The molecule has 0 aliphatic carbocycles. The first-order valence-electron chi connectivity index (χ1n) is 9.93. The van der Waals surface area contributed by atoms with Crippen molar-refractivity contribution in [3.63, 3.8) is 0 Å². The van der Waals surface area contributed by atoms with Crippen molar-refractivity contribution >= 4 is 22.5 Å². The van der Waals surface area contributed by atoms with Crippen molar-refractivity contribution in [2.45, 2.75) is 18.9 Å². The van der Waals surface area contributed by atoms with E-state index in [1.807, 2.05) is 48.5 Å². The minimum atomic E-state index is -0.245. The summed E-state index contributed by atoms with van der Waals surface area (Å²) in [5.74, 6) is 0.359. The zero-order valence-electron chi connectivity index (χ0n) is 16.6. The number of anilines is 1. The highest BCUT2D eigenvalue weighted by Crippen LogP contribution is 2.43. The van der Waals surface area contributed by atoms with Gasteiger partial charge in [0.15, 0.2) is 0 Å². The van der Waals surface area contributed by atoms with E-state index in [0.29, 0.717) is 13.0 Å². The molecule has 1 N–H and O–H groups in total. The summed E-state index contributed by atoms with van der Waals surface area (Å²) in [5.41, 5.74) is 4.76. The van der Waals surface area contributed by atoms with E-state index < -0.39 is 0 Å². The van der Waals surface area contributed by atoms with Gasteiger partial charge in [-0.1, -0.05) is 36.4 Å². The number of para-hydroxylation sites is 1. The third-order valence-electron chi connectivity index (χ3n) is 5.73. The van der Waals surface area contributed by atoms with Crippen molar-refractivity contribution in [3.05, 3.63) is 95.4 Å². The van der Waals surface area contributed by atoms with Crippen LogP contribution in [0.5, 0.6) is 5.75 Å². The van der Waals surface area contributed by atoms with Crippen LogP contribution in [0, 0.1) is 5.82 Å². The fourth-order valence-corrected chi connectivity index (χ4v) is 4.44. The largest absolute Gasteiger partial charge is 0.496 e. The number of benzene rings is 3. The molecule has 0 bridgehead atoms. The molecule has 3 aromatic carbocycles. The molecule has 5 heteroatoms. The number of methoxy groups -OCH3 is 1. The van der Waals surface area contributed by atoms with Gasteiger partial charge in [0.2, 0.25) is 5.91 Å². The molecule has 30 heavy (non-hydrogen) atoms. The van der Waals surface area contributed by atoms with E-state index in [1.165, 1.54) is 6.07 Å². The quantitative estimate of drug-likeness (QED) is 0.504. The van der Waals surface area contributed by atoms with Crippen molar-refractivity contribution in [2.75, 3.05) is 12.4 Å². The Bertz CT molecular complexity index is 1260. The number of hydrogen-bond donors (Lipinski definition) is 1. The molecular formula is C25H21FN2O2. The lowest BCUT2D eigenvalue weighted by Crippen LogP contribution is -2.14. The molecule has 150 valence electrons. The maximum absolute atomic E-state index is 13.7. The van der Waals surface area contributed by atoms with Gasteiger partial charge in [0.05, 0.1) is 18.3 Å². The van der Waals surface area contributed by atoms with E-state index in [2.05, 4.69) is 16.1 Å². The van der Waals surface area contributed by atoms with E-state index in [0.717, 1.165) is 39.0 Å². The number of ether oxygens (including phenoxy) is 1. The lowest BCUT2D eigenvalue weighted by atomic mass is 9.88. The molecule has 0 saturated carbocycles. The second kappa shape index (κ2) is 7.34. The molecule has 1 aliphatic heterocycles. The molecule has 1 unspecified atom stereocenters. The van der Waals surface area contributed by atoms with Gasteiger partial charge in [0.1, 0.15) is 11.6 Å². The number of carbonyl (C=O) groups is 1. The van der Waals surface area contributed by atoms with Gasteiger partial charge < -0.3 is 14.6 Å². The highest BCUT2D eigenvalue weighted by molar-refractivity contribution is 6.06. The Kier molecular flexibility index (Phi) is 4.51. The molecule has 1 amide bonds. The summed E-state index contributed by atoms with van der Waals surface area (Å²) >= 11 is 0. The van der Waals surface area contributed by atoms with Crippen molar-refractivity contribution in [1.29, 1.82) is 0 Å². The molecule has 1 atom stereocenters. The maximum Gasteiger partial charge on any atom is 0.225 e. The number of halogens is 1. The van der Waals surface area contributed by atoms with Crippen LogP contribution in [-0.2, 0) is 11.3 Å². The fraction of sp³-hybridized carbons (Fsp3) is 0.160. The van der Waals surface area contributed by atoms with Crippen LogP contribution >= 0.6 is 0 Å². The summed E-state index contributed by atoms with van der Waals surface area (Å²) in [6.07, 6.45) is 2.42. The van der Waals surface area contributed by atoms with Crippen molar-refractivity contribution in [2.24, 2.45) is 0 Å². The molecule has 2 heterocycles. The third kappa shape index (κ3) is 3.12.